The lowest BCUT2D eigenvalue weighted by molar-refractivity contribution is 0.116. The molecule has 0 amide bonds. The summed E-state index contributed by atoms with van der Waals surface area (Å²) < 4.78 is 1.69. The minimum Gasteiger partial charge on any atom is -0.395 e. The van der Waals surface area contributed by atoms with Crippen LogP contribution in [-0.4, -0.2) is 26.7 Å². The average Bonchev–Trinajstić information content (AvgIpc) is 2.35. The molecular formula is C8H13N3O. The number of aliphatic hydroxyl groups is 1. The van der Waals surface area contributed by atoms with Crippen LogP contribution in [0.1, 0.15) is 25.0 Å². The molecule has 0 aromatic carbocycles. The maximum absolute atomic E-state index is 9.22. The molecule has 4 nitrogen and oxygen atoms in total. The minimum atomic E-state index is -0.0613. The van der Waals surface area contributed by atoms with E-state index in [0.717, 1.165) is 18.5 Å². The molecule has 0 saturated heterocycles. The molecule has 0 unspecified atom stereocenters. The second-order valence-electron chi connectivity index (χ2n) is 3.57. The second kappa shape index (κ2) is 2.55. The van der Waals surface area contributed by atoms with Gasteiger partial charge >= 0.3 is 0 Å². The van der Waals surface area contributed by atoms with Crippen LogP contribution < -0.4 is 0 Å². The van der Waals surface area contributed by atoms with Crippen molar-refractivity contribution in [3.8, 4) is 0 Å². The molecule has 1 aromatic heterocycles. The lowest BCUT2D eigenvalue weighted by atomic mass is 9.67. The molecule has 66 valence electrons. The summed E-state index contributed by atoms with van der Waals surface area (Å²) in [6, 6.07) is 0. The molecule has 1 aliphatic rings. The topological polar surface area (TPSA) is 50.9 Å². The molecule has 1 aromatic rings. The predicted molar refractivity (Wildman–Crippen MR) is 43.6 cm³/mol. The molecule has 0 atom stereocenters. The van der Waals surface area contributed by atoms with Crippen LogP contribution in [0.4, 0.5) is 0 Å². The molecule has 0 aliphatic heterocycles. The Morgan fingerprint density at radius 2 is 2.42 bits per heavy atom. The summed E-state index contributed by atoms with van der Waals surface area (Å²) in [5.74, 6) is 0. The molecule has 1 heterocycles. The van der Waals surface area contributed by atoms with Gasteiger partial charge < -0.3 is 5.11 Å². The van der Waals surface area contributed by atoms with Crippen molar-refractivity contribution in [3.63, 3.8) is 0 Å². The standard InChI is InChI=1S/C8H13N3O/c1-11-5-7(9-10-11)8(6-12)3-2-4-8/h5,12H,2-4,6H2,1H3. The Morgan fingerprint density at radius 1 is 1.67 bits per heavy atom. The van der Waals surface area contributed by atoms with E-state index in [1.807, 2.05) is 13.2 Å². The molecular weight excluding hydrogens is 154 g/mol. The number of aryl methyl sites for hydroxylation is 1. The maximum atomic E-state index is 9.22. The van der Waals surface area contributed by atoms with Crippen molar-refractivity contribution >= 4 is 0 Å². The molecule has 1 saturated carbocycles. The Balaban J connectivity index is 2.27. The predicted octanol–water partition coefficient (Wildman–Crippen LogP) is 0.229. The van der Waals surface area contributed by atoms with Crippen molar-refractivity contribution in [1.82, 2.24) is 15.0 Å². The van der Waals surface area contributed by atoms with Crippen LogP contribution in [0, 0.1) is 0 Å². The Labute approximate surface area is 71.2 Å². The molecule has 0 spiro atoms. The van der Waals surface area contributed by atoms with Crippen LogP contribution in [-0.2, 0) is 12.5 Å². The van der Waals surface area contributed by atoms with Crippen molar-refractivity contribution < 1.29 is 5.11 Å². The third-order valence-corrected chi connectivity index (χ3v) is 2.76. The summed E-state index contributed by atoms with van der Waals surface area (Å²) in [7, 11) is 1.85. The largest absolute Gasteiger partial charge is 0.395 e. The van der Waals surface area contributed by atoms with Crippen molar-refractivity contribution in [3.05, 3.63) is 11.9 Å². The molecule has 2 rings (SSSR count). The van der Waals surface area contributed by atoms with Crippen LogP contribution in [0.5, 0.6) is 0 Å². The Morgan fingerprint density at radius 3 is 2.75 bits per heavy atom. The first kappa shape index (κ1) is 7.73. The lowest BCUT2D eigenvalue weighted by Gasteiger charge is -2.38. The fraction of sp³-hybridized carbons (Fsp3) is 0.750. The van der Waals surface area contributed by atoms with Gasteiger partial charge in [0.2, 0.25) is 0 Å². The van der Waals surface area contributed by atoms with Crippen molar-refractivity contribution in [2.75, 3.05) is 6.61 Å². The fourth-order valence-corrected chi connectivity index (χ4v) is 1.69. The van der Waals surface area contributed by atoms with Gasteiger partial charge in [0.1, 0.15) is 0 Å². The van der Waals surface area contributed by atoms with Crippen molar-refractivity contribution in [2.24, 2.45) is 7.05 Å². The summed E-state index contributed by atoms with van der Waals surface area (Å²) in [6.07, 6.45) is 5.18. The number of aliphatic hydroxyl groups excluding tert-OH is 1. The summed E-state index contributed by atoms with van der Waals surface area (Å²) in [4.78, 5) is 0. The summed E-state index contributed by atoms with van der Waals surface area (Å²) >= 11 is 0. The van der Waals surface area contributed by atoms with Crippen LogP contribution in [0.2, 0.25) is 0 Å². The van der Waals surface area contributed by atoms with Gasteiger partial charge in [0.05, 0.1) is 12.3 Å². The smallest absolute Gasteiger partial charge is 0.0911 e. The molecule has 0 bridgehead atoms. The van der Waals surface area contributed by atoms with E-state index >= 15 is 0 Å². The number of nitrogens with zero attached hydrogens (tertiary/aromatic N) is 3. The summed E-state index contributed by atoms with van der Waals surface area (Å²) in [5, 5.41) is 17.1. The van der Waals surface area contributed by atoms with Gasteiger partial charge in [0.25, 0.3) is 0 Å². The number of aromatic nitrogens is 3. The van der Waals surface area contributed by atoms with E-state index in [4.69, 9.17) is 0 Å². The summed E-state index contributed by atoms with van der Waals surface area (Å²) in [6.45, 7) is 0.200. The van der Waals surface area contributed by atoms with Gasteiger partial charge in [0.15, 0.2) is 0 Å². The molecule has 4 heteroatoms. The van der Waals surface area contributed by atoms with Gasteiger partial charge in [-0.15, -0.1) is 5.10 Å². The zero-order valence-electron chi connectivity index (χ0n) is 7.19. The van der Waals surface area contributed by atoms with E-state index in [1.54, 1.807) is 4.68 Å². The number of hydrogen-bond acceptors (Lipinski definition) is 3. The van der Waals surface area contributed by atoms with E-state index in [0.29, 0.717) is 0 Å². The van der Waals surface area contributed by atoms with Gasteiger partial charge in [-0.3, -0.25) is 4.68 Å². The third kappa shape index (κ3) is 0.948. The minimum absolute atomic E-state index is 0.0613. The number of rotatable bonds is 2. The average molecular weight is 167 g/mol. The first-order valence-corrected chi connectivity index (χ1v) is 4.24. The first-order valence-electron chi connectivity index (χ1n) is 4.24. The molecule has 1 fully saturated rings. The lowest BCUT2D eigenvalue weighted by Crippen LogP contribution is -2.38. The van der Waals surface area contributed by atoms with Crippen LogP contribution in [0.25, 0.3) is 0 Å². The first-order chi connectivity index (χ1) is 5.77. The van der Waals surface area contributed by atoms with E-state index in [1.165, 1.54) is 6.42 Å². The van der Waals surface area contributed by atoms with Crippen molar-refractivity contribution in [1.29, 1.82) is 0 Å². The van der Waals surface area contributed by atoms with E-state index in [2.05, 4.69) is 10.3 Å². The molecule has 0 radical (unpaired) electrons. The highest BCUT2D eigenvalue weighted by Gasteiger charge is 2.40. The highest BCUT2D eigenvalue weighted by Crippen LogP contribution is 2.41. The highest BCUT2D eigenvalue weighted by molar-refractivity contribution is 5.16. The quantitative estimate of drug-likeness (QED) is 0.686. The van der Waals surface area contributed by atoms with E-state index in [-0.39, 0.29) is 12.0 Å². The van der Waals surface area contributed by atoms with Gasteiger partial charge in [-0.1, -0.05) is 11.6 Å². The van der Waals surface area contributed by atoms with Gasteiger partial charge in [-0.05, 0) is 12.8 Å². The fourth-order valence-electron chi connectivity index (χ4n) is 1.69. The highest BCUT2D eigenvalue weighted by atomic mass is 16.3. The zero-order chi connectivity index (χ0) is 8.60. The van der Waals surface area contributed by atoms with Gasteiger partial charge in [0, 0.05) is 18.7 Å². The monoisotopic (exact) mass is 167 g/mol. The van der Waals surface area contributed by atoms with Crippen LogP contribution in [0.3, 0.4) is 0 Å². The molecule has 1 N–H and O–H groups in total. The normalized spacial score (nSPS) is 20.5. The zero-order valence-corrected chi connectivity index (χ0v) is 7.19. The third-order valence-electron chi connectivity index (χ3n) is 2.76. The summed E-state index contributed by atoms with van der Waals surface area (Å²) in [5.41, 5.74) is 0.882. The Bertz CT molecular complexity index is 272. The molecule has 1 aliphatic carbocycles. The van der Waals surface area contributed by atoms with E-state index in [9.17, 15) is 5.11 Å². The maximum Gasteiger partial charge on any atom is 0.0911 e. The number of hydrogen-bond donors (Lipinski definition) is 1. The Kier molecular flexibility index (Phi) is 1.65. The van der Waals surface area contributed by atoms with Crippen LogP contribution >= 0.6 is 0 Å². The van der Waals surface area contributed by atoms with Crippen molar-refractivity contribution in [2.45, 2.75) is 24.7 Å². The molecule has 12 heavy (non-hydrogen) atoms. The van der Waals surface area contributed by atoms with Gasteiger partial charge in [-0.2, -0.15) is 0 Å². The Hall–Kier alpha value is -0.900. The SMILES string of the molecule is Cn1cc(C2(CO)CCC2)nn1. The van der Waals surface area contributed by atoms with Gasteiger partial charge in [-0.25, -0.2) is 0 Å². The van der Waals surface area contributed by atoms with Crippen LogP contribution in [0.15, 0.2) is 6.20 Å². The van der Waals surface area contributed by atoms with E-state index < -0.39 is 0 Å². The second-order valence-corrected chi connectivity index (χ2v) is 3.57.